The second-order valence-corrected chi connectivity index (χ2v) is 4.91. The van der Waals surface area contributed by atoms with Crippen molar-refractivity contribution in [2.45, 2.75) is 31.7 Å². The fourth-order valence-electron chi connectivity index (χ4n) is 2.30. The molecule has 1 fully saturated rings. The summed E-state index contributed by atoms with van der Waals surface area (Å²) in [7, 11) is 0. The van der Waals surface area contributed by atoms with Crippen molar-refractivity contribution < 1.29 is 22.7 Å². The monoisotopic (exact) mass is 338 g/mol. The van der Waals surface area contributed by atoms with Gasteiger partial charge in [0.15, 0.2) is 0 Å². The summed E-state index contributed by atoms with van der Waals surface area (Å²) in [5.74, 6) is -0.798. The molecule has 1 atom stereocenters. The van der Waals surface area contributed by atoms with E-state index >= 15 is 0 Å². The Kier molecular flexibility index (Phi) is 6.96. The van der Waals surface area contributed by atoms with Gasteiger partial charge in [0.25, 0.3) is 5.91 Å². The maximum atomic E-state index is 12.1. The number of carbonyl (C=O) groups is 1. The molecule has 0 radical (unpaired) electrons. The molecule has 0 spiro atoms. The number of benzene rings is 1. The molecule has 0 unspecified atom stereocenters. The Morgan fingerprint density at radius 1 is 1.41 bits per heavy atom. The largest absolute Gasteiger partial charge is 0.573 e. The van der Waals surface area contributed by atoms with Crippen LogP contribution in [0.2, 0.25) is 0 Å². The van der Waals surface area contributed by atoms with Gasteiger partial charge in [-0.3, -0.25) is 4.79 Å². The lowest BCUT2D eigenvalue weighted by Crippen LogP contribution is -2.30. The van der Waals surface area contributed by atoms with Crippen molar-refractivity contribution in [2.24, 2.45) is 0 Å². The fourth-order valence-corrected chi connectivity index (χ4v) is 2.30. The molecule has 0 saturated carbocycles. The molecule has 8 heteroatoms. The molecule has 1 saturated heterocycles. The van der Waals surface area contributed by atoms with Crippen LogP contribution in [0, 0.1) is 0 Å². The molecular weight excluding hydrogens is 321 g/mol. The van der Waals surface area contributed by atoms with Gasteiger partial charge in [0.2, 0.25) is 0 Å². The first-order valence-electron chi connectivity index (χ1n) is 6.81. The molecular formula is C14H18ClF3N2O2. The first-order valence-corrected chi connectivity index (χ1v) is 6.81. The van der Waals surface area contributed by atoms with Crippen molar-refractivity contribution in [3.05, 3.63) is 29.8 Å². The van der Waals surface area contributed by atoms with Gasteiger partial charge in [0.05, 0.1) is 0 Å². The Balaban J connectivity index is 0.00000242. The molecule has 1 aliphatic rings. The fraction of sp³-hybridized carbons (Fsp3) is 0.500. The lowest BCUT2D eigenvalue weighted by atomic mass is 10.1. The number of carbonyl (C=O) groups excluding carboxylic acids is 1. The van der Waals surface area contributed by atoms with E-state index in [1.807, 2.05) is 0 Å². The lowest BCUT2D eigenvalue weighted by Gasteiger charge is -2.12. The van der Waals surface area contributed by atoms with Crippen LogP contribution < -0.4 is 15.4 Å². The summed E-state index contributed by atoms with van der Waals surface area (Å²) in [4.78, 5) is 11.9. The molecule has 22 heavy (non-hydrogen) atoms. The minimum absolute atomic E-state index is 0. The van der Waals surface area contributed by atoms with E-state index in [0.29, 0.717) is 12.6 Å². The predicted molar refractivity (Wildman–Crippen MR) is 78.3 cm³/mol. The summed E-state index contributed by atoms with van der Waals surface area (Å²) in [6.07, 6.45) is -1.73. The molecule has 2 rings (SSSR count). The number of hydrogen-bond acceptors (Lipinski definition) is 3. The summed E-state index contributed by atoms with van der Waals surface area (Å²) < 4.78 is 40.1. The average Bonchev–Trinajstić information content (AvgIpc) is 2.90. The standard InChI is InChI=1S/C14H17F3N2O2.ClH/c15-14(16,17)21-12-5-1-3-10(9-12)13(20)19-8-6-11-4-2-7-18-11;/h1,3,5,9,11,18H,2,4,6-8H2,(H,19,20);1H/t11-;/m1./s1. The van der Waals surface area contributed by atoms with Gasteiger partial charge < -0.3 is 15.4 Å². The quantitative estimate of drug-likeness (QED) is 0.868. The Labute approximate surface area is 132 Å². The second-order valence-electron chi connectivity index (χ2n) is 4.91. The number of halogens is 4. The summed E-state index contributed by atoms with van der Waals surface area (Å²) >= 11 is 0. The number of hydrogen-bond donors (Lipinski definition) is 2. The molecule has 4 nitrogen and oxygen atoms in total. The molecule has 2 N–H and O–H groups in total. The van der Waals surface area contributed by atoms with Crippen molar-refractivity contribution in [2.75, 3.05) is 13.1 Å². The molecule has 1 amide bonds. The molecule has 1 heterocycles. The molecule has 0 aliphatic carbocycles. The number of ether oxygens (including phenoxy) is 1. The van der Waals surface area contributed by atoms with Gasteiger partial charge in [-0.25, -0.2) is 0 Å². The van der Waals surface area contributed by atoms with Crippen LogP contribution in [0.25, 0.3) is 0 Å². The third-order valence-corrected chi connectivity index (χ3v) is 3.27. The van der Waals surface area contributed by atoms with Gasteiger partial charge in [0.1, 0.15) is 5.75 Å². The zero-order valence-corrected chi connectivity index (χ0v) is 12.6. The van der Waals surface area contributed by atoms with Crippen LogP contribution in [-0.4, -0.2) is 31.4 Å². The highest BCUT2D eigenvalue weighted by molar-refractivity contribution is 5.94. The van der Waals surface area contributed by atoms with Gasteiger partial charge in [-0.05, 0) is 44.0 Å². The SMILES string of the molecule is Cl.O=C(NCC[C@H]1CCCN1)c1cccc(OC(F)(F)F)c1. The van der Waals surface area contributed by atoms with E-state index in [-0.39, 0.29) is 18.0 Å². The molecule has 1 aromatic rings. The summed E-state index contributed by atoms with van der Waals surface area (Å²) in [6, 6.07) is 5.45. The van der Waals surface area contributed by atoms with Crippen LogP contribution in [-0.2, 0) is 0 Å². The minimum atomic E-state index is -4.76. The highest BCUT2D eigenvalue weighted by atomic mass is 35.5. The number of amides is 1. The minimum Gasteiger partial charge on any atom is -0.406 e. The van der Waals surface area contributed by atoms with Gasteiger partial charge in [-0.15, -0.1) is 25.6 Å². The molecule has 0 aromatic heterocycles. The first-order chi connectivity index (χ1) is 9.94. The van der Waals surface area contributed by atoms with Crippen molar-refractivity contribution in [3.63, 3.8) is 0 Å². The maximum absolute atomic E-state index is 12.1. The van der Waals surface area contributed by atoms with Gasteiger partial charge >= 0.3 is 6.36 Å². The highest BCUT2D eigenvalue weighted by Gasteiger charge is 2.31. The van der Waals surface area contributed by atoms with Crippen LogP contribution in [0.4, 0.5) is 13.2 Å². The van der Waals surface area contributed by atoms with E-state index in [9.17, 15) is 18.0 Å². The average molecular weight is 339 g/mol. The molecule has 1 aliphatic heterocycles. The van der Waals surface area contributed by atoms with E-state index in [2.05, 4.69) is 15.4 Å². The summed E-state index contributed by atoms with van der Waals surface area (Å²) in [5, 5.41) is 6.01. The second kappa shape index (κ2) is 8.24. The van der Waals surface area contributed by atoms with E-state index in [4.69, 9.17) is 0 Å². The predicted octanol–water partition coefficient (Wildman–Crippen LogP) is 2.88. The highest BCUT2D eigenvalue weighted by Crippen LogP contribution is 2.23. The third-order valence-electron chi connectivity index (χ3n) is 3.27. The smallest absolute Gasteiger partial charge is 0.406 e. The van der Waals surface area contributed by atoms with Gasteiger partial charge in [-0.1, -0.05) is 6.07 Å². The molecule has 0 bridgehead atoms. The Bertz CT molecular complexity index is 491. The first kappa shape index (κ1) is 18.6. The normalized spacial score (nSPS) is 17.7. The van der Waals surface area contributed by atoms with Crippen molar-refractivity contribution >= 4 is 18.3 Å². The number of nitrogens with one attached hydrogen (secondary N) is 2. The van der Waals surface area contributed by atoms with Crippen LogP contribution in [0.1, 0.15) is 29.6 Å². The van der Waals surface area contributed by atoms with Crippen LogP contribution in [0.3, 0.4) is 0 Å². The van der Waals surface area contributed by atoms with Gasteiger partial charge in [-0.2, -0.15) is 0 Å². The van der Waals surface area contributed by atoms with E-state index in [1.54, 1.807) is 0 Å². The van der Waals surface area contributed by atoms with Crippen molar-refractivity contribution in [1.82, 2.24) is 10.6 Å². The zero-order chi connectivity index (χ0) is 15.3. The lowest BCUT2D eigenvalue weighted by molar-refractivity contribution is -0.274. The zero-order valence-electron chi connectivity index (χ0n) is 11.8. The summed E-state index contributed by atoms with van der Waals surface area (Å²) in [5.41, 5.74) is 0.149. The Hall–Kier alpha value is -1.47. The van der Waals surface area contributed by atoms with Crippen LogP contribution in [0.15, 0.2) is 24.3 Å². The van der Waals surface area contributed by atoms with E-state index < -0.39 is 18.0 Å². The third kappa shape index (κ3) is 6.11. The topological polar surface area (TPSA) is 50.4 Å². The Morgan fingerprint density at radius 3 is 2.82 bits per heavy atom. The number of alkyl halides is 3. The van der Waals surface area contributed by atoms with Crippen LogP contribution in [0.5, 0.6) is 5.75 Å². The molecule has 1 aromatic carbocycles. The Morgan fingerprint density at radius 2 is 2.18 bits per heavy atom. The van der Waals surface area contributed by atoms with Crippen molar-refractivity contribution in [3.8, 4) is 5.75 Å². The van der Waals surface area contributed by atoms with Crippen molar-refractivity contribution in [1.29, 1.82) is 0 Å². The number of rotatable bonds is 5. The van der Waals surface area contributed by atoms with Gasteiger partial charge in [0, 0.05) is 18.2 Å². The summed E-state index contributed by atoms with van der Waals surface area (Å²) in [6.45, 7) is 1.48. The maximum Gasteiger partial charge on any atom is 0.573 e. The molecule has 124 valence electrons. The van der Waals surface area contributed by atoms with E-state index in [1.165, 1.54) is 12.1 Å². The van der Waals surface area contributed by atoms with E-state index in [0.717, 1.165) is 37.9 Å². The van der Waals surface area contributed by atoms with Crippen LogP contribution >= 0.6 is 12.4 Å².